The molecule has 3 heterocycles. The Bertz CT molecular complexity index is 454. The molecule has 0 aromatic carbocycles. The number of hydrogen-bond donors (Lipinski definition) is 1. The van der Waals surface area contributed by atoms with Gasteiger partial charge in [-0.1, -0.05) is 0 Å². The Kier molecular flexibility index (Phi) is 4.34. The van der Waals surface area contributed by atoms with Gasteiger partial charge in [0, 0.05) is 24.5 Å². The van der Waals surface area contributed by atoms with E-state index in [0.717, 1.165) is 25.1 Å². The van der Waals surface area contributed by atoms with Gasteiger partial charge in [0.2, 0.25) is 0 Å². The van der Waals surface area contributed by atoms with Crippen molar-refractivity contribution in [2.24, 2.45) is 11.7 Å². The van der Waals surface area contributed by atoms with Crippen molar-refractivity contribution < 1.29 is 4.74 Å². The average Bonchev–Trinajstić information content (AvgIpc) is 2.47. The first-order valence-electron chi connectivity index (χ1n) is 7.58. The second-order valence-corrected chi connectivity index (χ2v) is 7.38. The molecule has 2 atom stereocenters. The van der Waals surface area contributed by atoms with Crippen molar-refractivity contribution in [1.29, 1.82) is 0 Å². The van der Waals surface area contributed by atoms with Gasteiger partial charge in [-0.3, -0.25) is 4.98 Å². The van der Waals surface area contributed by atoms with Gasteiger partial charge in [-0.25, -0.2) is 0 Å². The van der Waals surface area contributed by atoms with Crippen molar-refractivity contribution in [3.8, 4) is 0 Å². The molecule has 0 saturated carbocycles. The van der Waals surface area contributed by atoms with E-state index in [1.165, 1.54) is 29.9 Å². The molecule has 2 unspecified atom stereocenters. The van der Waals surface area contributed by atoms with Crippen molar-refractivity contribution >= 4 is 11.8 Å². The predicted molar refractivity (Wildman–Crippen MR) is 83.9 cm³/mol. The van der Waals surface area contributed by atoms with Crippen LogP contribution in [0.3, 0.4) is 0 Å². The van der Waals surface area contributed by atoms with Crippen LogP contribution in [0.2, 0.25) is 0 Å². The topological polar surface area (TPSA) is 48.1 Å². The summed E-state index contributed by atoms with van der Waals surface area (Å²) in [5.41, 5.74) is 8.94. The second-order valence-electron chi connectivity index (χ2n) is 6.15. The lowest BCUT2D eigenvalue weighted by Crippen LogP contribution is -2.45. The number of rotatable bonds is 2. The maximum absolute atomic E-state index is 6.54. The highest BCUT2D eigenvalue weighted by molar-refractivity contribution is 7.99. The van der Waals surface area contributed by atoms with E-state index >= 15 is 0 Å². The fraction of sp³-hybridized carbons (Fsp3) is 0.688. The monoisotopic (exact) mass is 292 g/mol. The molecule has 1 aromatic rings. The van der Waals surface area contributed by atoms with Crippen LogP contribution in [0.1, 0.15) is 43.0 Å². The highest BCUT2D eigenvalue weighted by atomic mass is 32.2. The summed E-state index contributed by atoms with van der Waals surface area (Å²) in [6.45, 7) is 2.90. The zero-order valence-electron chi connectivity index (χ0n) is 12.2. The fourth-order valence-electron chi connectivity index (χ4n) is 3.51. The van der Waals surface area contributed by atoms with Gasteiger partial charge in [-0.2, -0.15) is 11.8 Å². The summed E-state index contributed by atoms with van der Waals surface area (Å²) in [5, 5.41) is 0. The molecule has 2 aliphatic heterocycles. The lowest BCUT2D eigenvalue weighted by molar-refractivity contribution is -0.105. The molecule has 4 heteroatoms. The van der Waals surface area contributed by atoms with Gasteiger partial charge >= 0.3 is 0 Å². The SMILES string of the molecule is Cc1cc(C(N)C2CCOC3(CCSCC3)C2)ccn1. The quantitative estimate of drug-likeness (QED) is 0.910. The first-order chi connectivity index (χ1) is 9.69. The van der Waals surface area contributed by atoms with E-state index < -0.39 is 0 Å². The van der Waals surface area contributed by atoms with E-state index in [4.69, 9.17) is 10.5 Å². The molecule has 2 saturated heterocycles. The number of aromatic nitrogens is 1. The van der Waals surface area contributed by atoms with E-state index in [0.29, 0.717) is 5.92 Å². The van der Waals surface area contributed by atoms with Gasteiger partial charge in [-0.05, 0) is 67.7 Å². The van der Waals surface area contributed by atoms with E-state index in [-0.39, 0.29) is 11.6 Å². The van der Waals surface area contributed by atoms with Crippen molar-refractivity contribution in [2.45, 2.75) is 44.2 Å². The molecular weight excluding hydrogens is 268 g/mol. The van der Waals surface area contributed by atoms with E-state index in [1.807, 2.05) is 13.1 Å². The maximum Gasteiger partial charge on any atom is 0.0701 e. The third kappa shape index (κ3) is 3.02. The Labute approximate surface area is 125 Å². The molecule has 0 amide bonds. The first kappa shape index (κ1) is 14.4. The molecule has 20 heavy (non-hydrogen) atoms. The van der Waals surface area contributed by atoms with Crippen LogP contribution in [0.25, 0.3) is 0 Å². The van der Waals surface area contributed by atoms with Gasteiger partial charge in [0.25, 0.3) is 0 Å². The molecule has 1 aromatic heterocycles. The smallest absolute Gasteiger partial charge is 0.0701 e. The van der Waals surface area contributed by atoms with Crippen LogP contribution in [0.5, 0.6) is 0 Å². The van der Waals surface area contributed by atoms with Gasteiger partial charge in [0.05, 0.1) is 5.60 Å². The molecule has 0 aliphatic carbocycles. The van der Waals surface area contributed by atoms with Crippen molar-refractivity contribution in [2.75, 3.05) is 18.1 Å². The minimum atomic E-state index is 0.118. The number of ether oxygens (including phenoxy) is 1. The lowest BCUT2D eigenvalue weighted by Gasteiger charge is -2.44. The van der Waals surface area contributed by atoms with Crippen LogP contribution in [0.15, 0.2) is 18.3 Å². The average molecular weight is 292 g/mol. The van der Waals surface area contributed by atoms with E-state index in [1.54, 1.807) is 0 Å². The van der Waals surface area contributed by atoms with Crippen LogP contribution in [-0.4, -0.2) is 28.7 Å². The Morgan fingerprint density at radius 2 is 2.25 bits per heavy atom. The predicted octanol–water partition coefficient (Wildman–Crippen LogP) is 3.08. The number of aryl methyl sites for hydroxylation is 1. The Balaban J connectivity index is 1.73. The van der Waals surface area contributed by atoms with Crippen LogP contribution in [0, 0.1) is 12.8 Å². The van der Waals surface area contributed by atoms with Crippen LogP contribution in [0.4, 0.5) is 0 Å². The molecular formula is C16H24N2OS. The minimum absolute atomic E-state index is 0.118. The zero-order valence-corrected chi connectivity index (χ0v) is 13.0. The van der Waals surface area contributed by atoms with Crippen LogP contribution in [-0.2, 0) is 4.74 Å². The summed E-state index contributed by atoms with van der Waals surface area (Å²) in [5.74, 6) is 3.00. The molecule has 2 N–H and O–H groups in total. The number of hydrogen-bond acceptors (Lipinski definition) is 4. The number of nitrogens with zero attached hydrogens (tertiary/aromatic N) is 1. The summed E-state index contributed by atoms with van der Waals surface area (Å²) in [6.07, 6.45) is 6.46. The molecule has 3 nitrogen and oxygen atoms in total. The summed E-state index contributed by atoms with van der Waals surface area (Å²) in [7, 11) is 0. The maximum atomic E-state index is 6.54. The highest BCUT2D eigenvalue weighted by Gasteiger charge is 2.40. The number of pyridine rings is 1. The fourth-order valence-corrected chi connectivity index (χ4v) is 4.75. The van der Waals surface area contributed by atoms with Gasteiger partial charge in [-0.15, -0.1) is 0 Å². The Morgan fingerprint density at radius 1 is 1.45 bits per heavy atom. The summed E-state index contributed by atoms with van der Waals surface area (Å²) in [6, 6.07) is 4.31. The number of thioether (sulfide) groups is 1. The molecule has 1 spiro atoms. The van der Waals surface area contributed by atoms with Crippen molar-refractivity contribution in [1.82, 2.24) is 4.98 Å². The van der Waals surface area contributed by atoms with Crippen molar-refractivity contribution in [3.63, 3.8) is 0 Å². The summed E-state index contributed by atoms with van der Waals surface area (Å²) < 4.78 is 6.17. The summed E-state index contributed by atoms with van der Waals surface area (Å²) in [4.78, 5) is 4.27. The van der Waals surface area contributed by atoms with E-state index in [9.17, 15) is 0 Å². The second kappa shape index (κ2) is 6.04. The molecule has 2 fully saturated rings. The minimum Gasteiger partial charge on any atom is -0.375 e. The largest absolute Gasteiger partial charge is 0.375 e. The normalized spacial score (nSPS) is 27.4. The summed E-state index contributed by atoms with van der Waals surface area (Å²) >= 11 is 2.05. The van der Waals surface area contributed by atoms with Crippen LogP contribution >= 0.6 is 11.8 Å². The Morgan fingerprint density at radius 3 is 3.00 bits per heavy atom. The molecule has 0 radical (unpaired) electrons. The standard InChI is InChI=1S/C16H24N2OS/c1-12-10-13(2-6-18-12)15(17)14-3-7-19-16(11-14)4-8-20-9-5-16/h2,6,10,14-15H,3-5,7-9,11,17H2,1H3. The Hall–Kier alpha value is -0.580. The molecule has 0 bridgehead atoms. The third-order valence-corrected chi connectivity index (χ3v) is 5.73. The zero-order chi connectivity index (χ0) is 14.0. The highest BCUT2D eigenvalue weighted by Crippen LogP contribution is 2.42. The first-order valence-corrected chi connectivity index (χ1v) is 8.74. The third-order valence-electron chi connectivity index (χ3n) is 4.75. The van der Waals surface area contributed by atoms with E-state index in [2.05, 4.69) is 28.9 Å². The van der Waals surface area contributed by atoms with Gasteiger partial charge < -0.3 is 10.5 Å². The molecule has 110 valence electrons. The van der Waals surface area contributed by atoms with Gasteiger partial charge in [0.15, 0.2) is 0 Å². The number of nitrogens with two attached hydrogens (primary N) is 1. The molecule has 2 aliphatic rings. The van der Waals surface area contributed by atoms with Crippen molar-refractivity contribution in [3.05, 3.63) is 29.6 Å². The van der Waals surface area contributed by atoms with Crippen LogP contribution < -0.4 is 5.73 Å². The molecule has 3 rings (SSSR count). The lowest BCUT2D eigenvalue weighted by atomic mass is 9.77. The van der Waals surface area contributed by atoms with Gasteiger partial charge in [0.1, 0.15) is 0 Å².